The number of anilines is 2. The van der Waals surface area contributed by atoms with Gasteiger partial charge in [-0.25, -0.2) is 0 Å². The third kappa shape index (κ3) is 2.82. The van der Waals surface area contributed by atoms with Gasteiger partial charge < -0.3 is 14.5 Å². The first-order chi connectivity index (χ1) is 11.7. The summed E-state index contributed by atoms with van der Waals surface area (Å²) in [7, 11) is 0. The predicted molar refractivity (Wildman–Crippen MR) is 93.5 cm³/mol. The van der Waals surface area contributed by atoms with Crippen LogP contribution in [0.1, 0.15) is 29.7 Å². The zero-order chi connectivity index (χ0) is 16.5. The highest BCUT2D eigenvalue weighted by atomic mass is 16.5. The first kappa shape index (κ1) is 15.3. The van der Waals surface area contributed by atoms with E-state index in [9.17, 15) is 0 Å². The summed E-state index contributed by atoms with van der Waals surface area (Å²) in [5.74, 6) is 1.36. The Morgan fingerprint density at radius 1 is 1.21 bits per heavy atom. The smallest absolute Gasteiger partial charge is 0.154 e. The highest BCUT2D eigenvalue weighted by Crippen LogP contribution is 2.32. The molecule has 2 aromatic heterocycles. The fourth-order valence-electron chi connectivity index (χ4n) is 3.62. The zero-order valence-electron chi connectivity index (χ0n) is 14.3. The Hall–Kier alpha value is -2.21. The van der Waals surface area contributed by atoms with Crippen molar-refractivity contribution in [2.45, 2.75) is 26.3 Å². The Labute approximate surface area is 142 Å². The van der Waals surface area contributed by atoms with Crippen molar-refractivity contribution in [3.8, 4) is 0 Å². The molecule has 24 heavy (non-hydrogen) atoms. The van der Waals surface area contributed by atoms with E-state index in [1.165, 1.54) is 16.9 Å². The molecular weight excluding hydrogens is 302 g/mol. The minimum atomic E-state index is 0.383. The topological polar surface area (TPSA) is 54.4 Å². The van der Waals surface area contributed by atoms with Gasteiger partial charge in [-0.15, -0.1) is 5.10 Å². The molecule has 0 saturated carbocycles. The lowest BCUT2D eigenvalue weighted by Gasteiger charge is -2.35. The van der Waals surface area contributed by atoms with Crippen LogP contribution in [0.2, 0.25) is 0 Å². The van der Waals surface area contributed by atoms with Gasteiger partial charge in [-0.1, -0.05) is 6.92 Å². The van der Waals surface area contributed by atoms with Crippen molar-refractivity contribution in [1.82, 2.24) is 15.2 Å². The average molecular weight is 325 g/mol. The molecule has 0 unspecified atom stereocenters. The lowest BCUT2D eigenvalue weighted by atomic mass is 9.95. The fourth-order valence-corrected chi connectivity index (χ4v) is 3.62. The number of fused-ring (bicyclic) bond motifs is 1. The van der Waals surface area contributed by atoms with Crippen molar-refractivity contribution in [1.29, 1.82) is 0 Å². The summed E-state index contributed by atoms with van der Waals surface area (Å²) >= 11 is 0. The van der Waals surface area contributed by atoms with E-state index in [2.05, 4.69) is 39.9 Å². The average Bonchev–Trinajstić information content (AvgIpc) is 2.62. The normalized spacial score (nSPS) is 20.8. The summed E-state index contributed by atoms with van der Waals surface area (Å²) in [6.07, 6.45) is 3.77. The van der Waals surface area contributed by atoms with Crippen LogP contribution in [0.4, 0.5) is 11.5 Å². The standard InChI is InChI=1S/C18H23N5O/c1-13-3-4-20-21-18(13)23-11-14(2)17-15(12-23)9-16(10-19-17)22-5-7-24-8-6-22/h3-4,9-10,14H,5-8,11-12H2,1-2H3/t14-/m0/s1. The van der Waals surface area contributed by atoms with E-state index < -0.39 is 0 Å². The van der Waals surface area contributed by atoms with E-state index in [0.29, 0.717) is 5.92 Å². The molecule has 1 atom stereocenters. The molecule has 0 aliphatic carbocycles. The quantitative estimate of drug-likeness (QED) is 0.843. The fraction of sp³-hybridized carbons (Fsp3) is 0.500. The van der Waals surface area contributed by atoms with Crippen LogP contribution in [-0.2, 0) is 11.3 Å². The van der Waals surface area contributed by atoms with Gasteiger partial charge in [0.1, 0.15) is 0 Å². The number of aromatic nitrogens is 3. The van der Waals surface area contributed by atoms with E-state index in [1.807, 2.05) is 12.3 Å². The highest BCUT2D eigenvalue weighted by Gasteiger charge is 2.26. The second-order valence-electron chi connectivity index (χ2n) is 6.66. The lowest BCUT2D eigenvalue weighted by molar-refractivity contribution is 0.122. The summed E-state index contributed by atoms with van der Waals surface area (Å²) in [4.78, 5) is 9.46. The molecule has 0 aromatic carbocycles. The number of rotatable bonds is 2. The number of pyridine rings is 1. The summed E-state index contributed by atoms with van der Waals surface area (Å²) in [5.41, 5.74) is 4.87. The first-order valence-electron chi connectivity index (χ1n) is 8.57. The van der Waals surface area contributed by atoms with Crippen LogP contribution in [0.15, 0.2) is 24.5 Å². The number of hydrogen-bond acceptors (Lipinski definition) is 6. The molecule has 2 aliphatic rings. The minimum absolute atomic E-state index is 0.383. The number of ether oxygens (including phenoxy) is 1. The second-order valence-corrected chi connectivity index (χ2v) is 6.66. The maximum Gasteiger partial charge on any atom is 0.154 e. The van der Waals surface area contributed by atoms with Gasteiger partial charge in [-0.3, -0.25) is 4.98 Å². The van der Waals surface area contributed by atoms with Crippen molar-refractivity contribution in [2.24, 2.45) is 0 Å². The second kappa shape index (κ2) is 6.36. The largest absolute Gasteiger partial charge is 0.378 e. The molecule has 126 valence electrons. The van der Waals surface area contributed by atoms with Crippen molar-refractivity contribution in [2.75, 3.05) is 42.6 Å². The van der Waals surface area contributed by atoms with Crippen LogP contribution < -0.4 is 9.80 Å². The number of nitrogens with zero attached hydrogens (tertiary/aromatic N) is 5. The van der Waals surface area contributed by atoms with Crippen LogP contribution in [0.5, 0.6) is 0 Å². The van der Waals surface area contributed by atoms with Gasteiger partial charge in [-0.2, -0.15) is 5.10 Å². The van der Waals surface area contributed by atoms with E-state index in [1.54, 1.807) is 6.20 Å². The van der Waals surface area contributed by atoms with E-state index in [0.717, 1.165) is 50.8 Å². The maximum absolute atomic E-state index is 5.45. The zero-order valence-corrected chi connectivity index (χ0v) is 14.3. The monoisotopic (exact) mass is 325 g/mol. The van der Waals surface area contributed by atoms with Crippen LogP contribution in [0.3, 0.4) is 0 Å². The third-order valence-corrected chi connectivity index (χ3v) is 4.88. The minimum Gasteiger partial charge on any atom is -0.378 e. The van der Waals surface area contributed by atoms with E-state index in [4.69, 9.17) is 9.72 Å². The highest BCUT2D eigenvalue weighted by molar-refractivity contribution is 5.53. The molecule has 4 heterocycles. The summed E-state index contributed by atoms with van der Waals surface area (Å²) in [5, 5.41) is 8.41. The summed E-state index contributed by atoms with van der Waals surface area (Å²) in [6.45, 7) is 9.54. The molecule has 0 amide bonds. The molecule has 0 radical (unpaired) electrons. The molecule has 0 spiro atoms. The van der Waals surface area contributed by atoms with Gasteiger partial charge in [0.05, 0.1) is 37.0 Å². The molecule has 6 nitrogen and oxygen atoms in total. The van der Waals surface area contributed by atoms with Crippen LogP contribution in [0.25, 0.3) is 0 Å². The van der Waals surface area contributed by atoms with Gasteiger partial charge in [0.25, 0.3) is 0 Å². The number of hydrogen-bond donors (Lipinski definition) is 0. The first-order valence-corrected chi connectivity index (χ1v) is 8.57. The Bertz CT molecular complexity index is 729. The molecule has 1 fully saturated rings. The Kier molecular flexibility index (Phi) is 4.06. The Morgan fingerprint density at radius 2 is 2.04 bits per heavy atom. The SMILES string of the molecule is Cc1ccnnc1N1Cc2cc(N3CCOCC3)cnc2[C@@H](C)C1. The maximum atomic E-state index is 5.45. The molecule has 1 saturated heterocycles. The molecular formula is C18H23N5O. The van der Waals surface area contributed by atoms with Gasteiger partial charge in [-0.05, 0) is 30.2 Å². The van der Waals surface area contributed by atoms with E-state index >= 15 is 0 Å². The summed E-state index contributed by atoms with van der Waals surface area (Å²) < 4.78 is 5.45. The Balaban J connectivity index is 1.64. The van der Waals surface area contributed by atoms with Crippen molar-refractivity contribution in [3.63, 3.8) is 0 Å². The summed E-state index contributed by atoms with van der Waals surface area (Å²) in [6, 6.07) is 4.31. The van der Waals surface area contributed by atoms with Crippen LogP contribution in [0, 0.1) is 6.92 Å². The van der Waals surface area contributed by atoms with Gasteiger partial charge in [0.15, 0.2) is 5.82 Å². The number of morpholine rings is 1. The molecule has 6 heteroatoms. The lowest BCUT2D eigenvalue weighted by Crippen LogP contribution is -2.37. The Morgan fingerprint density at radius 3 is 2.83 bits per heavy atom. The molecule has 0 bridgehead atoms. The predicted octanol–water partition coefficient (Wildman–Crippen LogP) is 2.14. The van der Waals surface area contributed by atoms with Crippen molar-refractivity contribution < 1.29 is 4.74 Å². The molecule has 0 N–H and O–H groups in total. The van der Waals surface area contributed by atoms with Gasteiger partial charge in [0.2, 0.25) is 0 Å². The van der Waals surface area contributed by atoms with Gasteiger partial charge in [0, 0.05) is 32.1 Å². The van der Waals surface area contributed by atoms with Crippen molar-refractivity contribution in [3.05, 3.63) is 41.3 Å². The van der Waals surface area contributed by atoms with E-state index in [-0.39, 0.29) is 0 Å². The van der Waals surface area contributed by atoms with Gasteiger partial charge >= 0.3 is 0 Å². The third-order valence-electron chi connectivity index (χ3n) is 4.88. The molecule has 2 aromatic rings. The molecule has 4 rings (SSSR count). The van der Waals surface area contributed by atoms with Crippen molar-refractivity contribution >= 4 is 11.5 Å². The van der Waals surface area contributed by atoms with Crippen LogP contribution in [-0.4, -0.2) is 48.0 Å². The number of aryl methyl sites for hydroxylation is 1. The van der Waals surface area contributed by atoms with Crippen LogP contribution >= 0.6 is 0 Å². The molecule has 2 aliphatic heterocycles.